The molecule has 0 amide bonds. The maximum absolute atomic E-state index is 13.3. The third kappa shape index (κ3) is 3.79. The predicted molar refractivity (Wildman–Crippen MR) is 68.5 cm³/mol. The molecule has 1 fully saturated rings. The van der Waals surface area contributed by atoms with E-state index in [0.29, 0.717) is 5.56 Å². The van der Waals surface area contributed by atoms with Crippen LogP contribution in [0.1, 0.15) is 24.0 Å². The number of rotatable bonds is 6. The van der Waals surface area contributed by atoms with Crippen LogP contribution >= 0.6 is 0 Å². The molecule has 2 rings (SSSR count). The summed E-state index contributed by atoms with van der Waals surface area (Å²) in [6.45, 7) is 4.56. The number of nitrogens with zero attached hydrogens (tertiary/aromatic N) is 1. The lowest BCUT2D eigenvalue weighted by atomic mass is 10.1. The molecular weight excluding hydrogens is 215 g/mol. The summed E-state index contributed by atoms with van der Waals surface area (Å²) in [4.78, 5) is 2.39. The van der Waals surface area contributed by atoms with Crippen molar-refractivity contribution < 1.29 is 4.39 Å². The molecule has 1 aliphatic carbocycles. The fraction of sp³-hybridized carbons (Fsp3) is 0.571. The van der Waals surface area contributed by atoms with E-state index in [2.05, 4.69) is 17.3 Å². The average molecular weight is 236 g/mol. The first-order chi connectivity index (χ1) is 8.16. The summed E-state index contributed by atoms with van der Waals surface area (Å²) in [5.74, 6) is -0.112. The molecule has 0 bridgehead atoms. The Kier molecular flexibility index (Phi) is 4.13. The highest BCUT2D eigenvalue weighted by atomic mass is 19.1. The van der Waals surface area contributed by atoms with Gasteiger partial charge >= 0.3 is 0 Å². The van der Waals surface area contributed by atoms with Gasteiger partial charge in [-0.15, -0.1) is 0 Å². The Morgan fingerprint density at radius 1 is 1.41 bits per heavy atom. The van der Waals surface area contributed by atoms with Gasteiger partial charge in [0.2, 0.25) is 0 Å². The van der Waals surface area contributed by atoms with Gasteiger partial charge in [-0.25, -0.2) is 4.39 Å². The summed E-state index contributed by atoms with van der Waals surface area (Å²) >= 11 is 0. The largest absolute Gasteiger partial charge is 0.311 e. The van der Waals surface area contributed by atoms with Gasteiger partial charge < -0.3 is 10.2 Å². The van der Waals surface area contributed by atoms with Crippen molar-refractivity contribution in [2.75, 3.05) is 20.1 Å². The van der Waals surface area contributed by atoms with Crippen LogP contribution in [0.3, 0.4) is 0 Å². The van der Waals surface area contributed by atoms with Gasteiger partial charge in [0, 0.05) is 25.7 Å². The van der Waals surface area contributed by atoms with Gasteiger partial charge in [0.25, 0.3) is 0 Å². The van der Waals surface area contributed by atoms with Crippen LogP contribution in [-0.2, 0) is 6.54 Å². The van der Waals surface area contributed by atoms with E-state index in [9.17, 15) is 4.39 Å². The zero-order valence-electron chi connectivity index (χ0n) is 10.7. The summed E-state index contributed by atoms with van der Waals surface area (Å²) in [6, 6.07) is 6.25. The molecule has 0 unspecified atom stereocenters. The fourth-order valence-corrected chi connectivity index (χ4v) is 1.93. The summed E-state index contributed by atoms with van der Waals surface area (Å²) in [5, 5.41) is 3.35. The minimum Gasteiger partial charge on any atom is -0.311 e. The minimum absolute atomic E-state index is 0.112. The van der Waals surface area contributed by atoms with Crippen molar-refractivity contribution in [3.05, 3.63) is 35.1 Å². The molecule has 1 aromatic carbocycles. The van der Waals surface area contributed by atoms with Gasteiger partial charge in [-0.1, -0.05) is 12.1 Å². The summed E-state index contributed by atoms with van der Waals surface area (Å²) in [6.07, 6.45) is 2.69. The summed E-state index contributed by atoms with van der Waals surface area (Å²) < 4.78 is 13.3. The molecule has 1 aromatic rings. The van der Waals surface area contributed by atoms with E-state index in [-0.39, 0.29) is 5.82 Å². The van der Waals surface area contributed by atoms with Crippen LogP contribution in [-0.4, -0.2) is 31.1 Å². The van der Waals surface area contributed by atoms with Crippen LogP contribution in [0.25, 0.3) is 0 Å². The Hall–Kier alpha value is -0.930. The molecule has 0 aliphatic heterocycles. The van der Waals surface area contributed by atoms with E-state index >= 15 is 0 Å². The Bertz CT molecular complexity index is 374. The molecule has 17 heavy (non-hydrogen) atoms. The molecule has 2 nitrogen and oxygen atoms in total. The standard InChI is InChI=1S/C14H21FN2/c1-11-3-4-12(9-14(11)15)10-16-7-8-17(2)13-5-6-13/h3-4,9,13,16H,5-8,10H2,1-2H3. The lowest BCUT2D eigenvalue weighted by Crippen LogP contribution is -2.30. The van der Waals surface area contributed by atoms with Gasteiger partial charge in [-0.05, 0) is 44.0 Å². The van der Waals surface area contributed by atoms with Gasteiger partial charge in [-0.3, -0.25) is 0 Å². The van der Waals surface area contributed by atoms with Crippen molar-refractivity contribution in [3.8, 4) is 0 Å². The quantitative estimate of drug-likeness (QED) is 0.763. The Morgan fingerprint density at radius 3 is 2.82 bits per heavy atom. The third-order valence-electron chi connectivity index (χ3n) is 3.38. The minimum atomic E-state index is -0.112. The first kappa shape index (κ1) is 12.5. The molecule has 1 N–H and O–H groups in total. The second-order valence-electron chi connectivity index (χ2n) is 4.97. The highest BCUT2D eigenvalue weighted by Gasteiger charge is 2.25. The number of nitrogens with one attached hydrogen (secondary N) is 1. The van der Waals surface area contributed by atoms with Gasteiger partial charge in [0.1, 0.15) is 5.82 Å². The molecule has 0 spiro atoms. The summed E-state index contributed by atoms with van der Waals surface area (Å²) in [5.41, 5.74) is 1.73. The highest BCUT2D eigenvalue weighted by molar-refractivity contribution is 5.23. The first-order valence-corrected chi connectivity index (χ1v) is 6.33. The SMILES string of the molecule is Cc1ccc(CNCCN(C)C2CC2)cc1F. The molecule has 3 heteroatoms. The molecule has 0 heterocycles. The van der Waals surface area contributed by atoms with Crippen molar-refractivity contribution in [1.82, 2.24) is 10.2 Å². The van der Waals surface area contributed by atoms with E-state index in [4.69, 9.17) is 0 Å². The number of benzene rings is 1. The molecule has 0 saturated heterocycles. The fourth-order valence-electron chi connectivity index (χ4n) is 1.93. The number of hydrogen-bond acceptors (Lipinski definition) is 2. The van der Waals surface area contributed by atoms with Crippen LogP contribution in [0.2, 0.25) is 0 Å². The third-order valence-corrected chi connectivity index (χ3v) is 3.38. The van der Waals surface area contributed by atoms with Crippen LogP contribution < -0.4 is 5.32 Å². The molecule has 0 radical (unpaired) electrons. The van der Waals surface area contributed by atoms with Crippen LogP contribution in [0.5, 0.6) is 0 Å². The van der Waals surface area contributed by atoms with E-state index < -0.39 is 0 Å². The molecule has 1 saturated carbocycles. The van der Waals surface area contributed by atoms with E-state index in [1.807, 2.05) is 12.1 Å². The van der Waals surface area contributed by atoms with Crippen molar-refractivity contribution in [3.63, 3.8) is 0 Å². The van der Waals surface area contributed by atoms with E-state index in [1.54, 1.807) is 13.0 Å². The topological polar surface area (TPSA) is 15.3 Å². The van der Waals surface area contributed by atoms with E-state index in [1.165, 1.54) is 12.8 Å². The normalized spacial score (nSPS) is 15.5. The zero-order valence-corrected chi connectivity index (χ0v) is 10.7. The maximum Gasteiger partial charge on any atom is 0.126 e. The predicted octanol–water partition coefficient (Wildman–Crippen LogP) is 2.32. The average Bonchev–Trinajstić information content (AvgIpc) is 3.13. The number of likely N-dealkylation sites (N-methyl/N-ethyl adjacent to an activating group) is 1. The molecule has 0 aromatic heterocycles. The lowest BCUT2D eigenvalue weighted by molar-refractivity contribution is 0.321. The number of aryl methyl sites for hydroxylation is 1. The van der Waals surface area contributed by atoms with E-state index in [0.717, 1.165) is 31.2 Å². The smallest absolute Gasteiger partial charge is 0.126 e. The van der Waals surface area contributed by atoms with Crippen molar-refractivity contribution in [2.24, 2.45) is 0 Å². The summed E-state index contributed by atoms with van der Waals surface area (Å²) in [7, 11) is 2.17. The van der Waals surface area contributed by atoms with Crippen LogP contribution in [0.15, 0.2) is 18.2 Å². The van der Waals surface area contributed by atoms with Gasteiger partial charge in [0.05, 0.1) is 0 Å². The number of halogens is 1. The Morgan fingerprint density at radius 2 is 2.18 bits per heavy atom. The first-order valence-electron chi connectivity index (χ1n) is 6.33. The van der Waals surface area contributed by atoms with Gasteiger partial charge in [0.15, 0.2) is 0 Å². The molecule has 1 aliphatic rings. The monoisotopic (exact) mass is 236 g/mol. The Labute approximate surface area is 103 Å². The zero-order chi connectivity index (χ0) is 12.3. The second-order valence-corrected chi connectivity index (χ2v) is 4.97. The van der Waals surface area contributed by atoms with Crippen LogP contribution in [0, 0.1) is 12.7 Å². The van der Waals surface area contributed by atoms with Crippen molar-refractivity contribution >= 4 is 0 Å². The maximum atomic E-state index is 13.3. The molecule has 0 atom stereocenters. The highest BCUT2D eigenvalue weighted by Crippen LogP contribution is 2.24. The van der Waals surface area contributed by atoms with Crippen LogP contribution in [0.4, 0.5) is 4.39 Å². The lowest BCUT2D eigenvalue weighted by Gasteiger charge is -2.15. The van der Waals surface area contributed by atoms with Crippen molar-refractivity contribution in [2.45, 2.75) is 32.4 Å². The number of hydrogen-bond donors (Lipinski definition) is 1. The molecule has 94 valence electrons. The second kappa shape index (κ2) is 5.61. The van der Waals surface area contributed by atoms with Gasteiger partial charge in [-0.2, -0.15) is 0 Å². The molecular formula is C14H21FN2. The van der Waals surface area contributed by atoms with Crippen molar-refractivity contribution in [1.29, 1.82) is 0 Å². The Balaban J connectivity index is 1.68.